The standard InChI is InChI=1S/C14H13BrFNO2/c1-8(11-4-3-10(18)7-14(11)19)17-9-2-5-13(16)12(15)6-9/h2-8,17-19H,1H3. The molecule has 0 fully saturated rings. The average molecular weight is 326 g/mol. The number of nitrogens with one attached hydrogen (secondary N) is 1. The summed E-state index contributed by atoms with van der Waals surface area (Å²) in [6.07, 6.45) is 0. The minimum absolute atomic E-state index is 0.0120. The van der Waals surface area contributed by atoms with Gasteiger partial charge in [0.25, 0.3) is 0 Å². The lowest BCUT2D eigenvalue weighted by Gasteiger charge is -2.17. The highest BCUT2D eigenvalue weighted by atomic mass is 79.9. The number of hydrogen-bond acceptors (Lipinski definition) is 3. The van der Waals surface area contributed by atoms with Crippen LogP contribution in [0.1, 0.15) is 18.5 Å². The summed E-state index contributed by atoms with van der Waals surface area (Å²) in [5, 5.41) is 22.2. The Morgan fingerprint density at radius 1 is 1.16 bits per heavy atom. The van der Waals surface area contributed by atoms with Gasteiger partial charge in [-0.05, 0) is 53.2 Å². The highest BCUT2D eigenvalue weighted by molar-refractivity contribution is 9.10. The maximum Gasteiger partial charge on any atom is 0.137 e. The second-order valence-corrected chi connectivity index (χ2v) is 5.09. The normalized spacial score (nSPS) is 12.2. The third-order valence-corrected chi connectivity index (χ3v) is 3.39. The van der Waals surface area contributed by atoms with Crippen LogP contribution in [0.25, 0.3) is 0 Å². The lowest BCUT2D eigenvalue weighted by molar-refractivity contribution is 0.444. The van der Waals surface area contributed by atoms with E-state index in [4.69, 9.17) is 0 Å². The van der Waals surface area contributed by atoms with Crippen LogP contribution in [0.3, 0.4) is 0 Å². The molecule has 3 nitrogen and oxygen atoms in total. The van der Waals surface area contributed by atoms with Crippen LogP contribution < -0.4 is 5.32 Å². The summed E-state index contributed by atoms with van der Waals surface area (Å²) < 4.78 is 13.5. The highest BCUT2D eigenvalue weighted by Gasteiger charge is 2.11. The van der Waals surface area contributed by atoms with E-state index >= 15 is 0 Å². The van der Waals surface area contributed by atoms with Crippen LogP contribution in [-0.4, -0.2) is 10.2 Å². The first-order valence-corrected chi connectivity index (χ1v) is 6.50. The van der Waals surface area contributed by atoms with Crippen molar-refractivity contribution in [2.45, 2.75) is 13.0 Å². The van der Waals surface area contributed by atoms with E-state index in [0.717, 1.165) is 5.69 Å². The molecule has 0 aliphatic heterocycles. The first-order valence-electron chi connectivity index (χ1n) is 5.71. The predicted molar refractivity (Wildman–Crippen MR) is 75.9 cm³/mol. The molecule has 0 bridgehead atoms. The number of benzene rings is 2. The van der Waals surface area contributed by atoms with E-state index in [1.54, 1.807) is 18.2 Å². The zero-order valence-corrected chi connectivity index (χ0v) is 11.8. The summed E-state index contributed by atoms with van der Waals surface area (Å²) in [6, 6.07) is 8.86. The number of anilines is 1. The van der Waals surface area contributed by atoms with Gasteiger partial charge in [0.1, 0.15) is 17.3 Å². The highest BCUT2D eigenvalue weighted by Crippen LogP contribution is 2.30. The van der Waals surface area contributed by atoms with Crippen molar-refractivity contribution >= 4 is 21.6 Å². The van der Waals surface area contributed by atoms with Crippen molar-refractivity contribution in [3.8, 4) is 11.5 Å². The van der Waals surface area contributed by atoms with E-state index < -0.39 is 0 Å². The molecule has 3 N–H and O–H groups in total. The number of phenols is 2. The Balaban J connectivity index is 2.20. The molecule has 2 aromatic rings. The van der Waals surface area contributed by atoms with Crippen molar-refractivity contribution in [1.29, 1.82) is 0 Å². The molecular formula is C14H13BrFNO2. The molecule has 2 rings (SSSR count). The fourth-order valence-electron chi connectivity index (χ4n) is 1.81. The van der Waals surface area contributed by atoms with Crippen LogP contribution in [0.4, 0.5) is 10.1 Å². The Labute approximate surface area is 118 Å². The second kappa shape index (κ2) is 5.48. The van der Waals surface area contributed by atoms with Gasteiger partial charge in [-0.15, -0.1) is 0 Å². The van der Waals surface area contributed by atoms with Crippen LogP contribution >= 0.6 is 15.9 Å². The first kappa shape index (κ1) is 13.7. The van der Waals surface area contributed by atoms with Crippen LogP contribution in [-0.2, 0) is 0 Å². The van der Waals surface area contributed by atoms with Crippen molar-refractivity contribution < 1.29 is 14.6 Å². The summed E-state index contributed by atoms with van der Waals surface area (Å²) >= 11 is 3.12. The Kier molecular flexibility index (Phi) is 3.95. The molecule has 0 heterocycles. The first-order chi connectivity index (χ1) is 8.97. The van der Waals surface area contributed by atoms with Gasteiger partial charge in [0.05, 0.1) is 10.5 Å². The molecule has 0 aliphatic carbocycles. The topological polar surface area (TPSA) is 52.5 Å². The van der Waals surface area contributed by atoms with E-state index in [1.165, 1.54) is 18.2 Å². The fraction of sp³-hybridized carbons (Fsp3) is 0.143. The fourth-order valence-corrected chi connectivity index (χ4v) is 2.19. The number of aromatic hydroxyl groups is 2. The Morgan fingerprint density at radius 2 is 1.89 bits per heavy atom. The third kappa shape index (κ3) is 3.17. The van der Waals surface area contributed by atoms with E-state index in [9.17, 15) is 14.6 Å². The molecule has 100 valence electrons. The maximum atomic E-state index is 13.1. The number of hydrogen-bond donors (Lipinski definition) is 3. The molecule has 0 amide bonds. The van der Waals surface area contributed by atoms with Crippen LogP contribution in [0.15, 0.2) is 40.9 Å². The molecule has 19 heavy (non-hydrogen) atoms. The van der Waals surface area contributed by atoms with Gasteiger partial charge >= 0.3 is 0 Å². The molecule has 0 radical (unpaired) electrons. The van der Waals surface area contributed by atoms with Gasteiger partial charge in [-0.25, -0.2) is 4.39 Å². The average Bonchev–Trinajstić information content (AvgIpc) is 2.33. The third-order valence-electron chi connectivity index (χ3n) is 2.78. The van der Waals surface area contributed by atoms with Crippen molar-refractivity contribution in [2.24, 2.45) is 0 Å². The van der Waals surface area contributed by atoms with Crippen LogP contribution in [0, 0.1) is 5.82 Å². The molecule has 1 unspecified atom stereocenters. The molecule has 0 aliphatic rings. The minimum atomic E-state index is -0.328. The SMILES string of the molecule is CC(Nc1ccc(F)c(Br)c1)c1ccc(O)cc1O. The van der Waals surface area contributed by atoms with Crippen molar-refractivity contribution in [3.63, 3.8) is 0 Å². The van der Waals surface area contributed by atoms with Crippen molar-refractivity contribution in [3.05, 3.63) is 52.3 Å². The quantitative estimate of drug-likeness (QED) is 0.793. The molecular weight excluding hydrogens is 313 g/mol. The number of phenolic OH excluding ortho intramolecular Hbond substituents is 2. The largest absolute Gasteiger partial charge is 0.508 e. The summed E-state index contributed by atoms with van der Waals surface area (Å²) in [6.45, 7) is 1.86. The van der Waals surface area contributed by atoms with E-state index in [0.29, 0.717) is 10.0 Å². The second-order valence-electron chi connectivity index (χ2n) is 4.24. The molecule has 0 aromatic heterocycles. The number of halogens is 2. The predicted octanol–water partition coefficient (Wildman–Crippen LogP) is 4.17. The zero-order valence-electron chi connectivity index (χ0n) is 10.2. The smallest absolute Gasteiger partial charge is 0.137 e. The van der Waals surface area contributed by atoms with E-state index in [-0.39, 0.29) is 23.4 Å². The Hall–Kier alpha value is -1.75. The van der Waals surface area contributed by atoms with Gasteiger partial charge in [-0.2, -0.15) is 0 Å². The van der Waals surface area contributed by atoms with E-state index in [1.807, 2.05) is 6.92 Å². The maximum absolute atomic E-state index is 13.1. The minimum Gasteiger partial charge on any atom is -0.508 e. The number of rotatable bonds is 3. The summed E-state index contributed by atoms with van der Waals surface area (Å²) in [7, 11) is 0. The zero-order chi connectivity index (χ0) is 14.0. The lowest BCUT2D eigenvalue weighted by Crippen LogP contribution is -2.06. The summed E-state index contributed by atoms with van der Waals surface area (Å²) in [4.78, 5) is 0. The molecule has 0 saturated heterocycles. The van der Waals surface area contributed by atoms with Gasteiger partial charge in [0.2, 0.25) is 0 Å². The van der Waals surface area contributed by atoms with Gasteiger partial charge in [0.15, 0.2) is 0 Å². The molecule has 1 atom stereocenters. The molecule has 0 saturated carbocycles. The molecule has 0 spiro atoms. The van der Waals surface area contributed by atoms with E-state index in [2.05, 4.69) is 21.2 Å². The van der Waals surface area contributed by atoms with Gasteiger partial charge < -0.3 is 15.5 Å². The Bertz CT molecular complexity index is 604. The molecule has 2 aromatic carbocycles. The van der Waals surface area contributed by atoms with Gasteiger partial charge in [-0.3, -0.25) is 0 Å². The van der Waals surface area contributed by atoms with Crippen LogP contribution in [0.5, 0.6) is 11.5 Å². The lowest BCUT2D eigenvalue weighted by atomic mass is 10.1. The van der Waals surface area contributed by atoms with Crippen LogP contribution in [0.2, 0.25) is 0 Å². The van der Waals surface area contributed by atoms with Crippen molar-refractivity contribution in [1.82, 2.24) is 0 Å². The van der Waals surface area contributed by atoms with Gasteiger partial charge in [0, 0.05) is 17.3 Å². The monoisotopic (exact) mass is 325 g/mol. The Morgan fingerprint density at radius 3 is 2.53 bits per heavy atom. The summed E-state index contributed by atoms with van der Waals surface area (Å²) in [5.41, 5.74) is 1.38. The molecule has 5 heteroatoms. The summed E-state index contributed by atoms with van der Waals surface area (Å²) in [5.74, 6) is -0.301. The van der Waals surface area contributed by atoms with Gasteiger partial charge in [-0.1, -0.05) is 0 Å². The van der Waals surface area contributed by atoms with Crippen molar-refractivity contribution in [2.75, 3.05) is 5.32 Å².